The first kappa shape index (κ1) is 54.4. The number of unbranched alkanes of at least 4 members (excludes halogenated alkanes) is 3. The maximum Gasteiger partial charge on any atom is 0.246 e. The van der Waals surface area contributed by atoms with Crippen LogP contribution < -0.4 is 31.9 Å². The molecule has 2 fully saturated rings. The van der Waals surface area contributed by atoms with Crippen molar-refractivity contribution in [2.75, 3.05) is 40.4 Å². The minimum absolute atomic E-state index is 0.210. The lowest BCUT2D eigenvalue weighted by molar-refractivity contribution is -0.144. The van der Waals surface area contributed by atoms with Gasteiger partial charge < -0.3 is 51.2 Å². The second kappa shape index (κ2) is 24.0. The first-order valence-electron chi connectivity index (χ1n) is 25.8. The molecule has 1 unspecified atom stereocenters. The van der Waals surface area contributed by atoms with Gasteiger partial charge in [0.2, 0.25) is 35.4 Å². The number of ether oxygens (including phenoxy) is 2. The fourth-order valence-electron chi connectivity index (χ4n) is 10.3. The number of benzene rings is 2. The number of nitrogens with one attached hydrogen (secondary N) is 6. The van der Waals surface area contributed by atoms with Crippen molar-refractivity contribution in [1.29, 1.82) is 0 Å². The SMILES string of the molecule is CN[C@@H](C)C(=O)N[C@H](C(=O)N1CCCC1C(=O)N[C@H]1c2ccccc2C[C@@H]1OCCCCCCO[C@H]1Cc2ccccc2[C@@H]1NC(=O)[C@@H]1CCCN1C(=O)[C@@H](NC(=O)[C@H](C)NC)C(C)(C)C)C(C)(C)C. The van der Waals surface area contributed by atoms with E-state index in [2.05, 4.69) is 44.0 Å². The van der Waals surface area contributed by atoms with Crippen LogP contribution in [0.1, 0.15) is 141 Å². The number of amides is 6. The molecular weight excluding hydrogens is 889 g/mol. The summed E-state index contributed by atoms with van der Waals surface area (Å²) in [4.78, 5) is 85.5. The first-order valence-corrected chi connectivity index (χ1v) is 25.8. The Morgan fingerprint density at radius 3 is 1.31 bits per heavy atom. The maximum absolute atomic E-state index is 14.1. The van der Waals surface area contributed by atoms with Crippen LogP contribution in [0.2, 0.25) is 0 Å². The van der Waals surface area contributed by atoms with Gasteiger partial charge in [0.25, 0.3) is 0 Å². The van der Waals surface area contributed by atoms with Gasteiger partial charge in [-0.3, -0.25) is 28.8 Å². The molecular formula is C54H82N8O8. The molecule has 4 aliphatic rings. The van der Waals surface area contributed by atoms with E-state index in [9.17, 15) is 28.8 Å². The highest BCUT2D eigenvalue weighted by Crippen LogP contribution is 2.36. The maximum atomic E-state index is 14.1. The van der Waals surface area contributed by atoms with Gasteiger partial charge in [-0.25, -0.2) is 0 Å². The number of rotatable bonds is 21. The smallest absolute Gasteiger partial charge is 0.246 e. The van der Waals surface area contributed by atoms with Crippen molar-refractivity contribution in [3.8, 4) is 0 Å². The Bertz CT molecular complexity index is 2010. The molecule has 0 bridgehead atoms. The van der Waals surface area contributed by atoms with Crippen molar-refractivity contribution in [3.05, 3.63) is 70.8 Å². The van der Waals surface area contributed by atoms with Gasteiger partial charge in [0, 0.05) is 39.1 Å². The summed E-state index contributed by atoms with van der Waals surface area (Å²) in [5, 5.41) is 18.3. The third kappa shape index (κ3) is 13.1. The molecule has 10 atom stereocenters. The molecule has 16 heteroatoms. The number of fused-ring (bicyclic) bond motifs is 2. The van der Waals surface area contributed by atoms with Crippen LogP contribution in [0.3, 0.4) is 0 Å². The first-order chi connectivity index (χ1) is 33.2. The van der Waals surface area contributed by atoms with E-state index in [-0.39, 0.29) is 59.7 Å². The van der Waals surface area contributed by atoms with E-state index in [0.29, 0.717) is 64.8 Å². The Morgan fingerprint density at radius 2 is 0.957 bits per heavy atom. The van der Waals surface area contributed by atoms with Crippen molar-refractivity contribution < 1.29 is 38.2 Å². The zero-order chi connectivity index (χ0) is 50.9. The van der Waals surface area contributed by atoms with E-state index in [1.54, 1.807) is 37.7 Å². The predicted octanol–water partition coefficient (Wildman–Crippen LogP) is 4.40. The zero-order valence-corrected chi connectivity index (χ0v) is 43.5. The predicted molar refractivity (Wildman–Crippen MR) is 269 cm³/mol. The number of nitrogens with zero attached hydrogens (tertiary/aromatic N) is 2. The van der Waals surface area contributed by atoms with Gasteiger partial charge in [-0.05, 0) is 99.6 Å². The van der Waals surface area contributed by atoms with Crippen molar-refractivity contribution in [2.45, 2.75) is 180 Å². The summed E-state index contributed by atoms with van der Waals surface area (Å²) >= 11 is 0. The number of carbonyl (C=O) groups is 6. The number of hydrogen-bond acceptors (Lipinski definition) is 10. The average molecular weight is 971 g/mol. The Balaban J connectivity index is 0.984. The number of likely N-dealkylation sites (tertiary alicyclic amines) is 2. The van der Waals surface area contributed by atoms with E-state index in [1.165, 1.54) is 0 Å². The molecule has 0 radical (unpaired) electrons. The normalized spacial score (nSPS) is 23.7. The van der Waals surface area contributed by atoms with Crippen LogP contribution in [0, 0.1) is 10.8 Å². The summed E-state index contributed by atoms with van der Waals surface area (Å²) in [5.41, 5.74) is 3.19. The molecule has 2 heterocycles. The van der Waals surface area contributed by atoms with E-state index < -0.39 is 47.1 Å². The molecule has 70 heavy (non-hydrogen) atoms. The van der Waals surface area contributed by atoms with Crippen LogP contribution in [-0.2, 0) is 51.1 Å². The van der Waals surface area contributed by atoms with Crippen molar-refractivity contribution in [3.63, 3.8) is 0 Å². The number of likely N-dealkylation sites (N-methyl/N-ethyl adjacent to an activating group) is 2. The molecule has 0 aromatic heterocycles. The molecule has 6 rings (SSSR count). The van der Waals surface area contributed by atoms with Gasteiger partial charge in [-0.15, -0.1) is 0 Å². The molecule has 2 saturated heterocycles. The van der Waals surface area contributed by atoms with E-state index in [1.807, 2.05) is 77.9 Å². The highest BCUT2D eigenvalue weighted by atomic mass is 16.5. The fourth-order valence-corrected chi connectivity index (χ4v) is 10.3. The summed E-state index contributed by atoms with van der Waals surface area (Å²) in [6.45, 7) is 17.0. The molecule has 2 aromatic carbocycles. The van der Waals surface area contributed by atoms with Gasteiger partial charge in [-0.2, -0.15) is 0 Å². The zero-order valence-electron chi connectivity index (χ0n) is 43.5. The Kier molecular flexibility index (Phi) is 18.7. The molecule has 0 spiro atoms. The summed E-state index contributed by atoms with van der Waals surface area (Å²) in [6.07, 6.45) is 6.85. The topological polar surface area (TPSA) is 200 Å². The van der Waals surface area contributed by atoms with Gasteiger partial charge in [0.1, 0.15) is 24.2 Å². The summed E-state index contributed by atoms with van der Waals surface area (Å²) < 4.78 is 13.1. The highest BCUT2D eigenvalue weighted by molar-refractivity contribution is 5.95. The van der Waals surface area contributed by atoms with Gasteiger partial charge in [-0.1, -0.05) is 103 Å². The van der Waals surface area contributed by atoms with Crippen LogP contribution in [0.15, 0.2) is 48.5 Å². The van der Waals surface area contributed by atoms with E-state index in [0.717, 1.165) is 47.9 Å². The lowest BCUT2D eigenvalue weighted by Crippen LogP contribution is -2.59. The minimum Gasteiger partial charge on any atom is -0.375 e. The van der Waals surface area contributed by atoms with Crippen molar-refractivity contribution >= 4 is 35.4 Å². The van der Waals surface area contributed by atoms with Gasteiger partial charge in [0.05, 0.1) is 36.4 Å². The lowest BCUT2D eigenvalue weighted by Gasteiger charge is -2.36. The molecule has 16 nitrogen and oxygen atoms in total. The third-order valence-corrected chi connectivity index (χ3v) is 14.8. The lowest BCUT2D eigenvalue weighted by atomic mass is 9.85. The largest absolute Gasteiger partial charge is 0.375 e. The van der Waals surface area contributed by atoms with Crippen LogP contribution in [0.25, 0.3) is 0 Å². The Labute approximate surface area is 416 Å². The van der Waals surface area contributed by atoms with Crippen LogP contribution in [-0.4, -0.2) is 134 Å². The molecule has 6 amide bonds. The quantitative estimate of drug-likeness (QED) is 0.0976. The van der Waals surface area contributed by atoms with Crippen molar-refractivity contribution in [2.24, 2.45) is 10.8 Å². The van der Waals surface area contributed by atoms with Gasteiger partial charge in [0.15, 0.2) is 0 Å². The van der Waals surface area contributed by atoms with E-state index in [4.69, 9.17) is 9.47 Å². The highest BCUT2D eigenvalue weighted by Gasteiger charge is 2.46. The summed E-state index contributed by atoms with van der Waals surface area (Å²) in [7, 11) is 3.40. The summed E-state index contributed by atoms with van der Waals surface area (Å²) in [6, 6.07) is 11.7. The molecule has 2 aliphatic heterocycles. The number of hydrogen-bond donors (Lipinski definition) is 6. The molecule has 6 N–H and O–H groups in total. The summed E-state index contributed by atoms with van der Waals surface area (Å²) in [5.74, 6) is -1.45. The standard InChI is InChI=1S/C54H82N8O8/c1-33(55-9)47(63)59-45(53(3,4)5)51(67)61-27-19-25-39(61)49(65)57-43-37-23-15-13-21-35(37)31-41(43)69-29-17-11-12-18-30-70-42-32-36-22-14-16-24-38(36)44(42)58-50(66)40-26-20-28-62(40)52(68)46(54(6,7)8)60-48(64)34(2)56-10/h13-16,21-24,33-34,39-46,55-56H,11-12,17-20,25-32H2,1-10H3,(H,57,65)(H,58,66)(H,59,63)(H,60,64)/t33-,34-,39-,40?,41-,42-,43-,44-,45+,46+/m0/s1. The average Bonchev–Trinajstić information content (AvgIpc) is 4.15. The fraction of sp³-hybridized carbons (Fsp3) is 0.667. The monoisotopic (exact) mass is 971 g/mol. The Morgan fingerprint density at radius 1 is 0.586 bits per heavy atom. The second-order valence-corrected chi connectivity index (χ2v) is 22.0. The van der Waals surface area contributed by atoms with Crippen LogP contribution >= 0.6 is 0 Å². The van der Waals surface area contributed by atoms with Crippen molar-refractivity contribution in [1.82, 2.24) is 41.7 Å². The third-order valence-electron chi connectivity index (χ3n) is 14.8. The Hall–Kier alpha value is -4.90. The minimum atomic E-state index is -0.792. The number of carbonyl (C=O) groups excluding carboxylic acids is 6. The molecule has 386 valence electrons. The van der Waals surface area contributed by atoms with Crippen LogP contribution in [0.5, 0.6) is 0 Å². The molecule has 0 saturated carbocycles. The van der Waals surface area contributed by atoms with Gasteiger partial charge >= 0.3 is 0 Å². The van der Waals surface area contributed by atoms with Crippen LogP contribution in [0.4, 0.5) is 0 Å². The molecule has 2 aromatic rings. The second-order valence-electron chi connectivity index (χ2n) is 22.0. The van der Waals surface area contributed by atoms with E-state index >= 15 is 0 Å². The molecule has 2 aliphatic carbocycles.